The van der Waals surface area contributed by atoms with E-state index in [-0.39, 0.29) is 0 Å². The molecule has 3 nitrogen and oxygen atoms in total. The van der Waals surface area contributed by atoms with Crippen molar-refractivity contribution in [3.63, 3.8) is 0 Å². The van der Waals surface area contributed by atoms with E-state index in [1.807, 2.05) is 31.2 Å². The Labute approximate surface area is 112 Å². The van der Waals surface area contributed by atoms with Crippen LogP contribution < -0.4 is 4.74 Å². The Bertz CT molecular complexity index is 592. The van der Waals surface area contributed by atoms with Crippen LogP contribution in [-0.2, 0) is 0 Å². The molecule has 1 heterocycles. The minimum Gasteiger partial charge on any atom is -0.493 e. The predicted molar refractivity (Wildman–Crippen MR) is 75.4 cm³/mol. The van der Waals surface area contributed by atoms with Gasteiger partial charge in [-0.15, -0.1) is 0 Å². The molecular weight excluding hydrogens is 244 g/mol. The van der Waals surface area contributed by atoms with Gasteiger partial charge in [-0.1, -0.05) is 19.1 Å². The standard InChI is InChI=1S/C14H16N2OS/c1-3-8-17-12-7-5-4-6-11(12)13-10(2)9-15-14(18)16-13/h4-7,9H,3,8H2,1-2H3,(H,15,16,18). The number of ether oxygens (including phenoxy) is 1. The van der Waals surface area contributed by atoms with Crippen molar-refractivity contribution in [3.8, 4) is 17.0 Å². The van der Waals surface area contributed by atoms with Gasteiger partial charge in [-0.2, -0.15) is 0 Å². The monoisotopic (exact) mass is 260 g/mol. The molecule has 0 saturated heterocycles. The quantitative estimate of drug-likeness (QED) is 0.847. The second kappa shape index (κ2) is 5.78. The molecule has 94 valence electrons. The average Bonchev–Trinajstić information content (AvgIpc) is 2.39. The Kier molecular flexibility index (Phi) is 4.10. The van der Waals surface area contributed by atoms with Gasteiger partial charge in [0.05, 0.1) is 12.3 Å². The largest absolute Gasteiger partial charge is 0.493 e. The summed E-state index contributed by atoms with van der Waals surface area (Å²) in [5.74, 6) is 0.874. The molecule has 0 amide bonds. The molecule has 0 fully saturated rings. The molecule has 4 heteroatoms. The molecule has 0 bridgehead atoms. The highest BCUT2D eigenvalue weighted by molar-refractivity contribution is 7.71. The van der Waals surface area contributed by atoms with E-state index < -0.39 is 0 Å². The second-order valence-electron chi connectivity index (χ2n) is 4.09. The lowest BCUT2D eigenvalue weighted by molar-refractivity contribution is 0.318. The summed E-state index contributed by atoms with van der Waals surface area (Å²) in [7, 11) is 0. The summed E-state index contributed by atoms with van der Waals surface area (Å²) < 4.78 is 6.25. The number of aromatic nitrogens is 2. The van der Waals surface area contributed by atoms with Crippen molar-refractivity contribution in [2.45, 2.75) is 20.3 Å². The highest BCUT2D eigenvalue weighted by Crippen LogP contribution is 2.30. The molecular formula is C14H16N2OS. The van der Waals surface area contributed by atoms with E-state index in [0.717, 1.165) is 29.0 Å². The zero-order valence-corrected chi connectivity index (χ0v) is 11.4. The average molecular weight is 260 g/mol. The van der Waals surface area contributed by atoms with Crippen molar-refractivity contribution in [2.75, 3.05) is 6.61 Å². The Hall–Kier alpha value is -1.68. The highest BCUT2D eigenvalue weighted by Gasteiger charge is 2.08. The van der Waals surface area contributed by atoms with Gasteiger partial charge in [0.2, 0.25) is 0 Å². The number of rotatable bonds is 4. The third kappa shape index (κ3) is 2.76. The molecule has 1 aromatic carbocycles. The Morgan fingerprint density at radius 2 is 2.11 bits per heavy atom. The summed E-state index contributed by atoms with van der Waals surface area (Å²) in [5, 5.41) is 0. The zero-order chi connectivity index (χ0) is 13.0. The van der Waals surface area contributed by atoms with Crippen molar-refractivity contribution in [2.24, 2.45) is 0 Å². The van der Waals surface area contributed by atoms with E-state index >= 15 is 0 Å². The minimum atomic E-state index is 0.487. The van der Waals surface area contributed by atoms with E-state index in [2.05, 4.69) is 16.9 Å². The van der Waals surface area contributed by atoms with Gasteiger partial charge in [0.1, 0.15) is 5.75 Å². The molecule has 0 aliphatic carbocycles. The lowest BCUT2D eigenvalue weighted by Gasteiger charge is -2.12. The van der Waals surface area contributed by atoms with Crippen LogP contribution in [0.4, 0.5) is 0 Å². The third-order valence-electron chi connectivity index (χ3n) is 2.62. The van der Waals surface area contributed by atoms with Crippen molar-refractivity contribution in [1.29, 1.82) is 0 Å². The molecule has 2 aromatic rings. The van der Waals surface area contributed by atoms with Crippen LogP contribution in [0.3, 0.4) is 0 Å². The fourth-order valence-electron chi connectivity index (χ4n) is 1.75. The molecule has 0 saturated carbocycles. The summed E-state index contributed by atoms with van der Waals surface area (Å²) in [6, 6.07) is 7.96. The van der Waals surface area contributed by atoms with Crippen LogP contribution >= 0.6 is 12.2 Å². The zero-order valence-electron chi connectivity index (χ0n) is 10.6. The molecule has 2 rings (SSSR count). The van der Waals surface area contributed by atoms with E-state index in [9.17, 15) is 0 Å². The number of hydrogen-bond donors (Lipinski definition) is 1. The summed E-state index contributed by atoms with van der Waals surface area (Å²) >= 11 is 5.08. The first-order chi connectivity index (χ1) is 8.72. The van der Waals surface area contributed by atoms with Crippen molar-refractivity contribution in [3.05, 3.63) is 40.8 Å². The Morgan fingerprint density at radius 3 is 2.89 bits per heavy atom. The SMILES string of the molecule is CCCOc1ccccc1-c1[nH]c(=S)ncc1C. The Balaban J connectivity index is 2.49. The first-order valence-corrected chi connectivity index (χ1v) is 6.41. The normalized spacial score (nSPS) is 10.3. The number of H-pyrrole nitrogens is 1. The molecule has 0 aliphatic heterocycles. The van der Waals surface area contributed by atoms with Crippen LogP contribution in [0.15, 0.2) is 30.5 Å². The van der Waals surface area contributed by atoms with Gasteiger partial charge in [-0.3, -0.25) is 0 Å². The van der Waals surface area contributed by atoms with Crippen LogP contribution in [0.25, 0.3) is 11.3 Å². The molecule has 0 spiro atoms. The predicted octanol–water partition coefficient (Wildman–Crippen LogP) is 3.90. The molecule has 0 aliphatic rings. The third-order valence-corrected chi connectivity index (χ3v) is 2.83. The molecule has 1 aromatic heterocycles. The number of aromatic amines is 1. The number of hydrogen-bond acceptors (Lipinski definition) is 3. The maximum absolute atomic E-state index is 5.76. The molecule has 0 unspecified atom stereocenters. The van der Waals surface area contributed by atoms with Gasteiger partial charge in [-0.25, -0.2) is 4.98 Å². The number of para-hydroxylation sites is 1. The maximum Gasteiger partial charge on any atom is 0.197 e. The molecule has 1 N–H and O–H groups in total. The van der Waals surface area contributed by atoms with Gasteiger partial charge in [-0.05, 0) is 43.3 Å². The molecule has 0 atom stereocenters. The summed E-state index contributed by atoms with van der Waals surface area (Å²) in [5.41, 5.74) is 3.05. The number of benzene rings is 1. The number of nitrogens with one attached hydrogen (secondary N) is 1. The van der Waals surface area contributed by atoms with E-state index in [1.54, 1.807) is 6.20 Å². The van der Waals surface area contributed by atoms with Crippen molar-refractivity contribution < 1.29 is 4.74 Å². The first kappa shape index (κ1) is 12.8. The fraction of sp³-hybridized carbons (Fsp3) is 0.286. The van der Waals surface area contributed by atoms with Crippen molar-refractivity contribution in [1.82, 2.24) is 9.97 Å². The van der Waals surface area contributed by atoms with Gasteiger partial charge < -0.3 is 9.72 Å². The minimum absolute atomic E-state index is 0.487. The highest BCUT2D eigenvalue weighted by atomic mass is 32.1. The lowest BCUT2D eigenvalue weighted by Crippen LogP contribution is -1.99. The first-order valence-electron chi connectivity index (χ1n) is 6.00. The number of aryl methyl sites for hydroxylation is 1. The van der Waals surface area contributed by atoms with Crippen LogP contribution in [0, 0.1) is 11.7 Å². The lowest BCUT2D eigenvalue weighted by atomic mass is 10.1. The second-order valence-corrected chi connectivity index (χ2v) is 4.48. The van der Waals surface area contributed by atoms with Gasteiger partial charge in [0, 0.05) is 11.8 Å². The van der Waals surface area contributed by atoms with Gasteiger partial charge in [0.15, 0.2) is 4.77 Å². The fourth-order valence-corrected chi connectivity index (χ4v) is 1.90. The van der Waals surface area contributed by atoms with E-state index in [0.29, 0.717) is 11.4 Å². The van der Waals surface area contributed by atoms with Crippen LogP contribution in [-0.4, -0.2) is 16.6 Å². The summed E-state index contributed by atoms with van der Waals surface area (Å²) in [4.78, 5) is 7.21. The van der Waals surface area contributed by atoms with E-state index in [4.69, 9.17) is 17.0 Å². The summed E-state index contributed by atoms with van der Waals surface area (Å²) in [6.07, 6.45) is 2.77. The summed E-state index contributed by atoms with van der Waals surface area (Å²) in [6.45, 7) is 4.81. The van der Waals surface area contributed by atoms with Gasteiger partial charge >= 0.3 is 0 Å². The topological polar surface area (TPSA) is 37.9 Å². The molecule has 18 heavy (non-hydrogen) atoms. The van der Waals surface area contributed by atoms with E-state index in [1.165, 1.54) is 0 Å². The van der Waals surface area contributed by atoms with Gasteiger partial charge in [0.25, 0.3) is 0 Å². The van der Waals surface area contributed by atoms with Crippen molar-refractivity contribution >= 4 is 12.2 Å². The van der Waals surface area contributed by atoms with Crippen LogP contribution in [0.1, 0.15) is 18.9 Å². The number of nitrogens with zero attached hydrogens (tertiary/aromatic N) is 1. The van der Waals surface area contributed by atoms with Crippen LogP contribution in [0.5, 0.6) is 5.75 Å². The maximum atomic E-state index is 5.76. The van der Waals surface area contributed by atoms with Crippen LogP contribution in [0.2, 0.25) is 0 Å². The molecule has 0 radical (unpaired) electrons. The Morgan fingerprint density at radius 1 is 1.33 bits per heavy atom. The smallest absolute Gasteiger partial charge is 0.197 e.